The van der Waals surface area contributed by atoms with Crippen LogP contribution in [-0.4, -0.2) is 16.5 Å². The van der Waals surface area contributed by atoms with Crippen molar-refractivity contribution in [3.05, 3.63) is 58.8 Å². The molecule has 1 aromatic heterocycles. The van der Waals surface area contributed by atoms with Gasteiger partial charge in [0.25, 0.3) is 0 Å². The number of nitrogens with one attached hydrogen (secondary N) is 1. The molecule has 1 N–H and O–H groups in total. The van der Waals surface area contributed by atoms with E-state index in [1.54, 1.807) is 0 Å². The molecule has 0 fully saturated rings. The Balaban J connectivity index is 1.95. The first kappa shape index (κ1) is 18.2. The summed E-state index contributed by atoms with van der Waals surface area (Å²) in [6, 6.07) is 15.1. The van der Waals surface area contributed by atoms with Crippen LogP contribution in [0.3, 0.4) is 0 Å². The third kappa shape index (κ3) is 3.79. The van der Waals surface area contributed by atoms with Gasteiger partial charge < -0.3 is 9.88 Å². The number of nitrogens with zero attached hydrogens (tertiary/aromatic N) is 1. The van der Waals surface area contributed by atoms with Gasteiger partial charge in [0.15, 0.2) is 5.43 Å². The van der Waals surface area contributed by atoms with Gasteiger partial charge in [0.2, 0.25) is 5.91 Å². The molecule has 136 valence electrons. The summed E-state index contributed by atoms with van der Waals surface area (Å²) in [4.78, 5) is 25.4. The fourth-order valence-corrected chi connectivity index (χ4v) is 3.37. The second-order valence-electron chi connectivity index (χ2n) is 7.39. The summed E-state index contributed by atoms with van der Waals surface area (Å²) >= 11 is 0. The summed E-state index contributed by atoms with van der Waals surface area (Å²) < 4.78 is 1.94. The van der Waals surface area contributed by atoms with Gasteiger partial charge in [-0.05, 0) is 49.9 Å². The molecule has 0 spiro atoms. The number of benzene rings is 2. The quantitative estimate of drug-likeness (QED) is 0.681. The van der Waals surface area contributed by atoms with Crippen molar-refractivity contribution in [2.75, 3.05) is 0 Å². The van der Waals surface area contributed by atoms with Gasteiger partial charge in [-0.25, -0.2) is 0 Å². The zero-order valence-electron chi connectivity index (χ0n) is 15.7. The number of carbonyl (C=O) groups excluding carboxylic acids is 1. The van der Waals surface area contributed by atoms with Gasteiger partial charge in [-0.2, -0.15) is 0 Å². The van der Waals surface area contributed by atoms with Crippen LogP contribution in [0.2, 0.25) is 0 Å². The Labute approximate surface area is 153 Å². The van der Waals surface area contributed by atoms with Crippen molar-refractivity contribution in [2.24, 2.45) is 5.92 Å². The van der Waals surface area contributed by atoms with E-state index >= 15 is 0 Å². The number of fused-ring (bicyclic) bond motifs is 2. The van der Waals surface area contributed by atoms with E-state index in [1.807, 2.05) is 60.0 Å². The van der Waals surface area contributed by atoms with Crippen LogP contribution in [0, 0.1) is 5.92 Å². The fraction of sp³-hybridized carbons (Fsp3) is 0.364. The number of para-hydroxylation sites is 2. The number of hydrogen-bond donors (Lipinski definition) is 1. The molecule has 0 saturated heterocycles. The van der Waals surface area contributed by atoms with E-state index in [0.29, 0.717) is 16.7 Å². The van der Waals surface area contributed by atoms with E-state index in [9.17, 15) is 9.59 Å². The number of pyridine rings is 1. The van der Waals surface area contributed by atoms with Crippen molar-refractivity contribution in [1.29, 1.82) is 0 Å². The van der Waals surface area contributed by atoms with E-state index in [-0.39, 0.29) is 23.9 Å². The van der Waals surface area contributed by atoms with Crippen LogP contribution in [-0.2, 0) is 11.3 Å². The molecular formula is C22H26N2O2. The molecule has 0 saturated carbocycles. The lowest BCUT2D eigenvalue weighted by Gasteiger charge is -2.18. The minimum atomic E-state index is -0.0276. The Morgan fingerprint density at radius 3 is 2.00 bits per heavy atom. The fourth-order valence-electron chi connectivity index (χ4n) is 3.37. The number of carbonyl (C=O) groups is 1. The van der Waals surface area contributed by atoms with Gasteiger partial charge >= 0.3 is 0 Å². The van der Waals surface area contributed by atoms with Crippen molar-refractivity contribution < 1.29 is 4.79 Å². The number of aromatic nitrogens is 1. The molecule has 0 aliphatic rings. The first-order valence-electron chi connectivity index (χ1n) is 9.27. The van der Waals surface area contributed by atoms with Crippen LogP contribution in [0.25, 0.3) is 21.8 Å². The summed E-state index contributed by atoms with van der Waals surface area (Å²) in [7, 11) is 0. The molecule has 26 heavy (non-hydrogen) atoms. The van der Waals surface area contributed by atoms with Crippen LogP contribution in [0.5, 0.6) is 0 Å². The van der Waals surface area contributed by atoms with Crippen molar-refractivity contribution in [1.82, 2.24) is 9.88 Å². The minimum Gasteiger partial charge on any atom is -0.352 e. The van der Waals surface area contributed by atoms with E-state index in [1.165, 1.54) is 0 Å². The Kier molecular flexibility index (Phi) is 5.40. The lowest BCUT2D eigenvalue weighted by molar-refractivity contribution is -0.122. The molecule has 3 rings (SSSR count). The molecule has 0 aliphatic carbocycles. The highest BCUT2D eigenvalue weighted by Gasteiger charge is 2.14. The van der Waals surface area contributed by atoms with E-state index in [0.717, 1.165) is 23.9 Å². The van der Waals surface area contributed by atoms with Crippen LogP contribution in [0.1, 0.15) is 33.6 Å². The third-order valence-corrected chi connectivity index (χ3v) is 4.77. The topological polar surface area (TPSA) is 51.1 Å². The third-order valence-electron chi connectivity index (χ3n) is 4.77. The largest absolute Gasteiger partial charge is 0.352 e. The Morgan fingerprint density at radius 2 is 1.46 bits per heavy atom. The first-order chi connectivity index (χ1) is 12.5. The summed E-state index contributed by atoms with van der Waals surface area (Å²) in [5.41, 5.74) is 1.60. The van der Waals surface area contributed by atoms with Crippen LogP contribution in [0.4, 0.5) is 0 Å². The second-order valence-corrected chi connectivity index (χ2v) is 7.39. The smallest absolute Gasteiger partial charge is 0.240 e. The lowest BCUT2D eigenvalue weighted by atomic mass is 10.0. The Morgan fingerprint density at radius 1 is 0.923 bits per heavy atom. The molecule has 4 nitrogen and oxygen atoms in total. The predicted octanol–water partition coefficient (Wildman–Crippen LogP) is 4.10. The maximum Gasteiger partial charge on any atom is 0.240 e. The van der Waals surface area contributed by atoms with Crippen molar-refractivity contribution >= 4 is 27.7 Å². The Hall–Kier alpha value is -2.62. The molecule has 0 radical (unpaired) electrons. The van der Waals surface area contributed by atoms with Gasteiger partial charge in [0.1, 0.15) is 6.54 Å². The van der Waals surface area contributed by atoms with E-state index < -0.39 is 0 Å². The molecule has 1 heterocycles. The van der Waals surface area contributed by atoms with Gasteiger partial charge in [-0.3, -0.25) is 9.59 Å². The molecule has 0 bridgehead atoms. The minimum absolute atomic E-state index is 0.0122. The number of hydrogen-bond acceptors (Lipinski definition) is 2. The summed E-state index contributed by atoms with van der Waals surface area (Å²) in [5.74, 6) is 0.599. The summed E-state index contributed by atoms with van der Waals surface area (Å²) in [6.45, 7) is 6.62. The maximum atomic E-state index is 12.7. The van der Waals surface area contributed by atoms with Gasteiger partial charge in [-0.15, -0.1) is 0 Å². The molecule has 4 heteroatoms. The van der Waals surface area contributed by atoms with Crippen molar-refractivity contribution in [2.45, 2.75) is 46.2 Å². The van der Waals surface area contributed by atoms with Crippen LogP contribution < -0.4 is 10.7 Å². The molecule has 1 unspecified atom stereocenters. The van der Waals surface area contributed by atoms with E-state index in [2.05, 4.69) is 19.2 Å². The van der Waals surface area contributed by atoms with Gasteiger partial charge in [-0.1, -0.05) is 38.1 Å². The van der Waals surface area contributed by atoms with Crippen molar-refractivity contribution in [3.8, 4) is 0 Å². The summed E-state index contributed by atoms with van der Waals surface area (Å²) in [6.07, 6.45) is 2.06. The molecule has 1 atom stereocenters. The highest BCUT2D eigenvalue weighted by Crippen LogP contribution is 2.19. The van der Waals surface area contributed by atoms with Gasteiger partial charge in [0.05, 0.1) is 11.0 Å². The SMILES string of the molecule is CC(C)CCC(C)NC(=O)Cn1c2ccccc2c(=O)c2ccccc21. The second kappa shape index (κ2) is 7.73. The summed E-state index contributed by atoms with van der Waals surface area (Å²) in [5, 5.41) is 4.38. The van der Waals surface area contributed by atoms with E-state index in [4.69, 9.17) is 0 Å². The predicted molar refractivity (Wildman–Crippen MR) is 107 cm³/mol. The Bertz CT molecular complexity index is 928. The zero-order valence-corrected chi connectivity index (χ0v) is 15.7. The highest BCUT2D eigenvalue weighted by molar-refractivity contribution is 5.94. The molecule has 1 amide bonds. The van der Waals surface area contributed by atoms with Crippen LogP contribution in [0.15, 0.2) is 53.3 Å². The molecular weight excluding hydrogens is 324 g/mol. The average molecular weight is 350 g/mol. The van der Waals surface area contributed by atoms with Gasteiger partial charge in [0, 0.05) is 16.8 Å². The lowest BCUT2D eigenvalue weighted by Crippen LogP contribution is -2.35. The standard InChI is InChI=1S/C22H26N2O2/c1-15(2)12-13-16(3)23-21(25)14-24-19-10-6-4-8-17(19)22(26)18-9-5-7-11-20(18)24/h4-11,15-16H,12-14H2,1-3H3,(H,23,25). The normalized spacial score (nSPS) is 12.6. The van der Waals surface area contributed by atoms with Crippen LogP contribution >= 0.6 is 0 Å². The number of rotatable bonds is 6. The maximum absolute atomic E-state index is 12.7. The first-order valence-corrected chi connectivity index (χ1v) is 9.27. The zero-order chi connectivity index (χ0) is 18.7. The average Bonchev–Trinajstić information content (AvgIpc) is 2.63. The highest BCUT2D eigenvalue weighted by atomic mass is 16.2. The molecule has 3 aromatic rings. The molecule has 0 aliphatic heterocycles. The molecule has 2 aromatic carbocycles. The monoisotopic (exact) mass is 350 g/mol. The number of amides is 1. The van der Waals surface area contributed by atoms with Crippen molar-refractivity contribution in [3.63, 3.8) is 0 Å².